The lowest BCUT2D eigenvalue weighted by Gasteiger charge is -2.27. The zero-order valence-electron chi connectivity index (χ0n) is 18.2. The van der Waals surface area contributed by atoms with Gasteiger partial charge in [-0.3, -0.25) is 0 Å². The Bertz CT molecular complexity index is 1100. The van der Waals surface area contributed by atoms with Crippen molar-refractivity contribution in [1.82, 2.24) is 14.5 Å². The maximum absolute atomic E-state index is 12.8. The highest BCUT2D eigenvalue weighted by atomic mass is 16.5. The fourth-order valence-corrected chi connectivity index (χ4v) is 3.97. The minimum absolute atomic E-state index is 0.138. The molecule has 1 N–H and O–H groups in total. The zero-order valence-corrected chi connectivity index (χ0v) is 18.2. The number of fused-ring (bicyclic) bond motifs is 1. The molecule has 0 atom stereocenters. The Morgan fingerprint density at radius 1 is 1.19 bits per heavy atom. The highest BCUT2D eigenvalue weighted by Gasteiger charge is 2.21. The van der Waals surface area contributed by atoms with Crippen LogP contribution >= 0.6 is 0 Å². The summed E-state index contributed by atoms with van der Waals surface area (Å²) in [7, 11) is 3.18. The van der Waals surface area contributed by atoms with Crippen molar-refractivity contribution >= 4 is 28.3 Å². The van der Waals surface area contributed by atoms with E-state index in [1.54, 1.807) is 37.3 Å². The summed E-state index contributed by atoms with van der Waals surface area (Å²) in [6.45, 7) is 4.32. The van der Waals surface area contributed by atoms with E-state index < -0.39 is 0 Å². The molecule has 0 saturated heterocycles. The minimum atomic E-state index is -0.138. The van der Waals surface area contributed by atoms with Crippen molar-refractivity contribution in [3.05, 3.63) is 54.4 Å². The fraction of sp³-hybridized carbons (Fsp3) is 0.333. The van der Waals surface area contributed by atoms with Crippen molar-refractivity contribution in [1.29, 1.82) is 0 Å². The maximum atomic E-state index is 12.8. The van der Waals surface area contributed by atoms with Gasteiger partial charge in [0.1, 0.15) is 17.1 Å². The molecule has 1 aromatic carbocycles. The Balaban J connectivity index is 1.50. The SMILES string of the molecule is CCCn1cc(C2=CCN(C(=O)Nc3cc(OC)cc(OC)c3)CC2)c2cccnc21. The first kappa shape index (κ1) is 20.8. The van der Waals surface area contributed by atoms with E-state index >= 15 is 0 Å². The van der Waals surface area contributed by atoms with Gasteiger partial charge in [0.2, 0.25) is 0 Å². The number of pyridine rings is 1. The third kappa shape index (κ3) is 4.35. The van der Waals surface area contributed by atoms with Crippen molar-refractivity contribution in [3.63, 3.8) is 0 Å². The molecule has 1 aliphatic rings. The number of urea groups is 1. The molecular formula is C24H28N4O3. The molecule has 7 nitrogen and oxygen atoms in total. The monoisotopic (exact) mass is 420 g/mol. The summed E-state index contributed by atoms with van der Waals surface area (Å²) >= 11 is 0. The van der Waals surface area contributed by atoms with Gasteiger partial charge in [-0.1, -0.05) is 13.0 Å². The van der Waals surface area contributed by atoms with Crippen molar-refractivity contribution in [3.8, 4) is 11.5 Å². The molecule has 4 rings (SSSR count). The molecule has 0 aliphatic carbocycles. The molecule has 0 unspecified atom stereocenters. The Kier molecular flexibility index (Phi) is 6.11. The van der Waals surface area contributed by atoms with Gasteiger partial charge in [-0.25, -0.2) is 9.78 Å². The van der Waals surface area contributed by atoms with Crippen LogP contribution in [0, 0.1) is 0 Å². The smallest absolute Gasteiger partial charge is 0.322 e. The van der Waals surface area contributed by atoms with Crippen LogP contribution in [0.3, 0.4) is 0 Å². The second-order valence-corrected chi connectivity index (χ2v) is 7.57. The molecule has 162 valence electrons. The first-order chi connectivity index (χ1) is 15.1. The number of aryl methyl sites for hydroxylation is 1. The number of hydrogen-bond donors (Lipinski definition) is 1. The summed E-state index contributed by atoms with van der Waals surface area (Å²) in [6.07, 6.45) is 8.04. The standard InChI is InChI=1S/C24H28N4O3/c1-4-10-28-16-22(21-6-5-9-25-23(21)28)17-7-11-27(12-8-17)24(29)26-18-13-19(30-2)15-20(14-18)31-3/h5-7,9,13-16H,4,8,10-12H2,1-3H3,(H,26,29). The number of aromatic nitrogens is 2. The first-order valence-corrected chi connectivity index (χ1v) is 10.5. The number of benzene rings is 1. The normalized spacial score (nSPS) is 13.8. The lowest BCUT2D eigenvalue weighted by Crippen LogP contribution is -2.37. The van der Waals surface area contributed by atoms with Crippen LogP contribution in [-0.2, 0) is 6.54 Å². The van der Waals surface area contributed by atoms with E-state index in [0.29, 0.717) is 30.3 Å². The number of amides is 2. The molecule has 0 spiro atoms. The maximum Gasteiger partial charge on any atom is 0.322 e. The van der Waals surface area contributed by atoms with Crippen LogP contribution in [0.15, 0.2) is 48.8 Å². The molecule has 0 fully saturated rings. The van der Waals surface area contributed by atoms with Gasteiger partial charge in [0.15, 0.2) is 0 Å². The van der Waals surface area contributed by atoms with Crippen LogP contribution in [-0.4, -0.2) is 47.8 Å². The molecule has 1 aliphatic heterocycles. The molecule has 3 aromatic rings. The molecule has 0 saturated carbocycles. The molecule has 7 heteroatoms. The number of methoxy groups -OCH3 is 2. The zero-order chi connectivity index (χ0) is 21.8. The summed E-state index contributed by atoms with van der Waals surface area (Å²) in [5, 5.41) is 4.12. The van der Waals surface area contributed by atoms with E-state index in [1.165, 1.54) is 16.5 Å². The van der Waals surface area contributed by atoms with Crippen LogP contribution in [0.25, 0.3) is 16.6 Å². The third-order valence-electron chi connectivity index (χ3n) is 5.54. The Morgan fingerprint density at radius 2 is 1.97 bits per heavy atom. The predicted molar refractivity (Wildman–Crippen MR) is 123 cm³/mol. The summed E-state index contributed by atoms with van der Waals surface area (Å²) in [5.74, 6) is 1.26. The van der Waals surface area contributed by atoms with Crippen LogP contribution < -0.4 is 14.8 Å². The van der Waals surface area contributed by atoms with Gasteiger partial charge in [0.05, 0.1) is 14.2 Å². The number of carbonyl (C=O) groups is 1. The van der Waals surface area contributed by atoms with Crippen molar-refractivity contribution in [2.75, 3.05) is 32.6 Å². The molecular weight excluding hydrogens is 392 g/mol. The lowest BCUT2D eigenvalue weighted by molar-refractivity contribution is 0.217. The molecule has 3 heterocycles. The van der Waals surface area contributed by atoms with Gasteiger partial charge in [-0.05, 0) is 30.5 Å². The molecule has 2 aromatic heterocycles. The average Bonchev–Trinajstić information content (AvgIpc) is 3.17. The summed E-state index contributed by atoms with van der Waals surface area (Å²) in [6, 6.07) is 9.30. The third-order valence-corrected chi connectivity index (χ3v) is 5.54. The number of ether oxygens (including phenoxy) is 2. The van der Waals surface area contributed by atoms with E-state index in [9.17, 15) is 4.79 Å². The highest BCUT2D eigenvalue weighted by Crippen LogP contribution is 2.31. The Morgan fingerprint density at radius 3 is 2.61 bits per heavy atom. The second kappa shape index (κ2) is 9.12. The first-order valence-electron chi connectivity index (χ1n) is 10.5. The molecule has 0 radical (unpaired) electrons. The lowest BCUT2D eigenvalue weighted by atomic mass is 10.00. The largest absolute Gasteiger partial charge is 0.497 e. The summed E-state index contributed by atoms with van der Waals surface area (Å²) < 4.78 is 12.8. The van der Waals surface area contributed by atoms with Gasteiger partial charge in [0.25, 0.3) is 0 Å². The van der Waals surface area contributed by atoms with E-state index in [1.807, 2.05) is 12.3 Å². The quantitative estimate of drug-likeness (QED) is 0.623. The number of rotatable bonds is 6. The Labute approximate surface area is 182 Å². The second-order valence-electron chi connectivity index (χ2n) is 7.57. The van der Waals surface area contributed by atoms with Gasteiger partial charge >= 0.3 is 6.03 Å². The van der Waals surface area contributed by atoms with Crippen LogP contribution in [0.2, 0.25) is 0 Å². The summed E-state index contributed by atoms with van der Waals surface area (Å²) in [4.78, 5) is 19.2. The van der Waals surface area contributed by atoms with E-state index in [0.717, 1.165) is 25.0 Å². The van der Waals surface area contributed by atoms with Crippen molar-refractivity contribution in [2.24, 2.45) is 0 Å². The van der Waals surface area contributed by atoms with Gasteiger partial charge < -0.3 is 24.3 Å². The fourth-order valence-electron chi connectivity index (χ4n) is 3.97. The molecule has 2 amide bonds. The van der Waals surface area contributed by atoms with Gasteiger partial charge in [-0.2, -0.15) is 0 Å². The number of anilines is 1. The number of carbonyl (C=O) groups excluding carboxylic acids is 1. The predicted octanol–water partition coefficient (Wildman–Crippen LogP) is 4.78. The van der Waals surface area contributed by atoms with Gasteiger partial charge in [0, 0.05) is 66.9 Å². The molecule has 31 heavy (non-hydrogen) atoms. The number of hydrogen-bond acceptors (Lipinski definition) is 4. The molecule has 0 bridgehead atoms. The average molecular weight is 421 g/mol. The number of nitrogens with one attached hydrogen (secondary N) is 1. The van der Waals surface area contributed by atoms with Crippen LogP contribution in [0.5, 0.6) is 11.5 Å². The van der Waals surface area contributed by atoms with Crippen LogP contribution in [0.1, 0.15) is 25.3 Å². The van der Waals surface area contributed by atoms with E-state index in [-0.39, 0.29) is 6.03 Å². The highest BCUT2D eigenvalue weighted by molar-refractivity contribution is 5.93. The summed E-state index contributed by atoms with van der Waals surface area (Å²) in [5.41, 5.74) is 4.14. The van der Waals surface area contributed by atoms with E-state index in [2.05, 4.69) is 40.1 Å². The van der Waals surface area contributed by atoms with Gasteiger partial charge in [-0.15, -0.1) is 0 Å². The Hall–Kier alpha value is -3.48. The number of nitrogens with zero attached hydrogens (tertiary/aromatic N) is 3. The van der Waals surface area contributed by atoms with E-state index in [4.69, 9.17) is 9.47 Å². The minimum Gasteiger partial charge on any atom is -0.497 e. The van der Waals surface area contributed by atoms with Crippen molar-refractivity contribution < 1.29 is 14.3 Å². The topological polar surface area (TPSA) is 68.6 Å². The van der Waals surface area contributed by atoms with Crippen LogP contribution in [0.4, 0.5) is 10.5 Å². The van der Waals surface area contributed by atoms with Crippen molar-refractivity contribution in [2.45, 2.75) is 26.3 Å².